The molecule has 1 saturated carbocycles. The van der Waals surface area contributed by atoms with Gasteiger partial charge < -0.3 is 9.84 Å². The second-order valence-corrected chi connectivity index (χ2v) is 4.45. The predicted octanol–water partition coefficient (Wildman–Crippen LogP) is 2.60. The Morgan fingerprint density at radius 1 is 1.20 bits per heavy atom. The molecule has 2 rings (SSSR count). The third-order valence-electron chi connectivity index (χ3n) is 3.14. The molecule has 0 bridgehead atoms. The van der Waals surface area contributed by atoms with E-state index < -0.39 is 0 Å². The third kappa shape index (κ3) is 2.51. The first-order valence-corrected chi connectivity index (χ1v) is 5.57. The number of ether oxygens (including phenoxy) is 1. The van der Waals surface area contributed by atoms with Gasteiger partial charge in [-0.3, -0.25) is 0 Å². The van der Waals surface area contributed by atoms with Crippen LogP contribution >= 0.6 is 0 Å². The van der Waals surface area contributed by atoms with Crippen molar-refractivity contribution < 1.29 is 9.84 Å². The standard InChI is InChI=1S/C13H18O2/c1-9-3-5-12(7-10(9)2)15-13-6-4-11(14)8-13/h3,5,7,11,13-14H,4,6,8H2,1-2H3. The van der Waals surface area contributed by atoms with Gasteiger partial charge in [-0.1, -0.05) is 6.07 Å². The summed E-state index contributed by atoms with van der Waals surface area (Å²) >= 11 is 0. The summed E-state index contributed by atoms with van der Waals surface area (Å²) < 4.78 is 5.82. The maximum absolute atomic E-state index is 9.40. The van der Waals surface area contributed by atoms with Crippen LogP contribution in [-0.4, -0.2) is 17.3 Å². The summed E-state index contributed by atoms with van der Waals surface area (Å²) in [6.07, 6.45) is 2.64. The Bertz CT molecular complexity index is 346. The topological polar surface area (TPSA) is 29.5 Å². The summed E-state index contributed by atoms with van der Waals surface area (Å²) in [6.45, 7) is 4.18. The minimum absolute atomic E-state index is 0.165. The first-order valence-electron chi connectivity index (χ1n) is 5.57. The molecule has 2 nitrogen and oxygen atoms in total. The van der Waals surface area contributed by atoms with Crippen LogP contribution in [-0.2, 0) is 0 Å². The lowest BCUT2D eigenvalue weighted by Crippen LogP contribution is -2.13. The molecule has 1 fully saturated rings. The van der Waals surface area contributed by atoms with Crippen molar-refractivity contribution in [2.75, 3.05) is 0 Å². The third-order valence-corrected chi connectivity index (χ3v) is 3.14. The maximum atomic E-state index is 9.40. The molecule has 0 radical (unpaired) electrons. The van der Waals surface area contributed by atoms with E-state index in [2.05, 4.69) is 26.0 Å². The molecule has 0 spiro atoms. The van der Waals surface area contributed by atoms with Crippen LogP contribution in [0.4, 0.5) is 0 Å². The second-order valence-electron chi connectivity index (χ2n) is 4.45. The largest absolute Gasteiger partial charge is 0.490 e. The van der Waals surface area contributed by atoms with E-state index in [9.17, 15) is 5.11 Å². The normalized spacial score (nSPS) is 25.5. The molecule has 1 aliphatic carbocycles. The fourth-order valence-corrected chi connectivity index (χ4v) is 2.00. The zero-order chi connectivity index (χ0) is 10.8. The molecule has 2 unspecified atom stereocenters. The Hall–Kier alpha value is -1.02. The zero-order valence-corrected chi connectivity index (χ0v) is 9.36. The second kappa shape index (κ2) is 4.23. The molecule has 0 amide bonds. The van der Waals surface area contributed by atoms with Gasteiger partial charge in [-0.25, -0.2) is 0 Å². The van der Waals surface area contributed by atoms with Gasteiger partial charge in [0, 0.05) is 6.42 Å². The van der Waals surface area contributed by atoms with Crippen LogP contribution in [0.25, 0.3) is 0 Å². The smallest absolute Gasteiger partial charge is 0.120 e. The number of aliphatic hydroxyl groups excluding tert-OH is 1. The number of hydrogen-bond donors (Lipinski definition) is 1. The molecule has 0 heterocycles. The molecule has 1 N–H and O–H groups in total. The van der Waals surface area contributed by atoms with Crippen LogP contribution in [0.5, 0.6) is 5.75 Å². The predicted molar refractivity (Wildman–Crippen MR) is 60.2 cm³/mol. The fourth-order valence-electron chi connectivity index (χ4n) is 2.00. The molecule has 0 aliphatic heterocycles. The van der Waals surface area contributed by atoms with Crippen molar-refractivity contribution >= 4 is 0 Å². The Morgan fingerprint density at radius 3 is 2.60 bits per heavy atom. The van der Waals surface area contributed by atoms with Crippen LogP contribution in [0.1, 0.15) is 30.4 Å². The Labute approximate surface area is 90.9 Å². The average molecular weight is 206 g/mol. The van der Waals surface area contributed by atoms with Gasteiger partial charge in [0.2, 0.25) is 0 Å². The van der Waals surface area contributed by atoms with Crippen LogP contribution in [0, 0.1) is 13.8 Å². The van der Waals surface area contributed by atoms with Gasteiger partial charge in [0.15, 0.2) is 0 Å². The van der Waals surface area contributed by atoms with Crippen molar-refractivity contribution in [2.45, 2.75) is 45.3 Å². The highest BCUT2D eigenvalue weighted by Crippen LogP contribution is 2.25. The minimum atomic E-state index is -0.165. The number of aryl methyl sites for hydroxylation is 2. The maximum Gasteiger partial charge on any atom is 0.120 e. The molecule has 1 aromatic carbocycles. The van der Waals surface area contributed by atoms with E-state index in [1.807, 2.05) is 6.07 Å². The zero-order valence-electron chi connectivity index (χ0n) is 9.36. The molecule has 1 aliphatic rings. The molecule has 2 heteroatoms. The molecule has 1 aromatic rings. The highest BCUT2D eigenvalue weighted by Gasteiger charge is 2.24. The van der Waals surface area contributed by atoms with Crippen LogP contribution in [0.15, 0.2) is 18.2 Å². The summed E-state index contributed by atoms with van der Waals surface area (Å²) in [5.41, 5.74) is 2.54. The first kappa shape index (κ1) is 10.5. The molecule has 2 atom stereocenters. The monoisotopic (exact) mass is 206 g/mol. The molecule has 0 saturated heterocycles. The Balaban J connectivity index is 2.02. The van der Waals surface area contributed by atoms with Gasteiger partial charge in [-0.2, -0.15) is 0 Å². The van der Waals surface area contributed by atoms with Gasteiger partial charge in [0.25, 0.3) is 0 Å². The summed E-state index contributed by atoms with van der Waals surface area (Å²) in [5, 5.41) is 9.40. The average Bonchev–Trinajstić information content (AvgIpc) is 2.58. The first-order chi connectivity index (χ1) is 7.15. The van der Waals surface area contributed by atoms with Crippen LogP contribution in [0.2, 0.25) is 0 Å². The SMILES string of the molecule is Cc1ccc(OC2CCC(O)C2)cc1C. The van der Waals surface area contributed by atoms with Gasteiger partial charge in [-0.05, 0) is 49.9 Å². The van der Waals surface area contributed by atoms with Gasteiger partial charge >= 0.3 is 0 Å². The fraction of sp³-hybridized carbons (Fsp3) is 0.538. The van der Waals surface area contributed by atoms with E-state index in [0.717, 1.165) is 25.0 Å². The number of aliphatic hydroxyl groups is 1. The van der Waals surface area contributed by atoms with E-state index >= 15 is 0 Å². The van der Waals surface area contributed by atoms with E-state index in [0.29, 0.717) is 0 Å². The van der Waals surface area contributed by atoms with Crippen LogP contribution in [0.3, 0.4) is 0 Å². The van der Waals surface area contributed by atoms with Gasteiger partial charge in [0.05, 0.1) is 6.10 Å². The van der Waals surface area contributed by atoms with Crippen molar-refractivity contribution in [3.8, 4) is 5.75 Å². The lowest BCUT2D eigenvalue weighted by atomic mass is 10.1. The number of benzene rings is 1. The van der Waals surface area contributed by atoms with Gasteiger partial charge in [0.1, 0.15) is 11.9 Å². The van der Waals surface area contributed by atoms with Crippen molar-refractivity contribution in [3.63, 3.8) is 0 Å². The summed E-state index contributed by atoms with van der Waals surface area (Å²) in [5.74, 6) is 0.928. The molecule has 15 heavy (non-hydrogen) atoms. The Morgan fingerprint density at radius 2 is 2.00 bits per heavy atom. The number of rotatable bonds is 2. The van der Waals surface area contributed by atoms with E-state index in [4.69, 9.17) is 4.74 Å². The summed E-state index contributed by atoms with van der Waals surface area (Å²) in [6, 6.07) is 6.16. The van der Waals surface area contributed by atoms with Crippen molar-refractivity contribution in [2.24, 2.45) is 0 Å². The quantitative estimate of drug-likeness (QED) is 0.806. The molecule has 82 valence electrons. The number of hydrogen-bond acceptors (Lipinski definition) is 2. The van der Waals surface area contributed by atoms with E-state index in [1.54, 1.807) is 0 Å². The van der Waals surface area contributed by atoms with Crippen molar-refractivity contribution in [1.29, 1.82) is 0 Å². The highest BCUT2D eigenvalue weighted by atomic mass is 16.5. The van der Waals surface area contributed by atoms with E-state index in [-0.39, 0.29) is 12.2 Å². The summed E-state index contributed by atoms with van der Waals surface area (Å²) in [4.78, 5) is 0. The molecular weight excluding hydrogens is 188 g/mol. The Kier molecular flexibility index (Phi) is 2.96. The van der Waals surface area contributed by atoms with Crippen LogP contribution < -0.4 is 4.74 Å². The lowest BCUT2D eigenvalue weighted by Gasteiger charge is -2.14. The minimum Gasteiger partial charge on any atom is -0.490 e. The highest BCUT2D eigenvalue weighted by molar-refractivity contribution is 5.33. The van der Waals surface area contributed by atoms with Crippen molar-refractivity contribution in [3.05, 3.63) is 29.3 Å². The van der Waals surface area contributed by atoms with Crippen molar-refractivity contribution in [1.82, 2.24) is 0 Å². The summed E-state index contributed by atoms with van der Waals surface area (Å²) in [7, 11) is 0. The molecular formula is C13H18O2. The molecule has 0 aromatic heterocycles. The van der Waals surface area contributed by atoms with Gasteiger partial charge in [-0.15, -0.1) is 0 Å². The van der Waals surface area contributed by atoms with E-state index in [1.165, 1.54) is 11.1 Å². The lowest BCUT2D eigenvalue weighted by molar-refractivity contribution is 0.149.